The molecule has 1 aliphatic heterocycles. The van der Waals surface area contributed by atoms with Crippen LogP contribution in [0.4, 0.5) is 0 Å². The van der Waals surface area contributed by atoms with Gasteiger partial charge in [0.05, 0.1) is 16.7 Å². The van der Waals surface area contributed by atoms with Crippen molar-refractivity contribution < 1.29 is 33.4 Å². The van der Waals surface area contributed by atoms with E-state index < -0.39 is 53.7 Å². The van der Waals surface area contributed by atoms with Crippen LogP contribution in [-0.2, 0) is 32.0 Å². The lowest BCUT2D eigenvalue weighted by atomic mass is 9.93. The molecular weight excluding hydrogens is 826 g/mol. The van der Waals surface area contributed by atoms with E-state index in [-0.39, 0.29) is 62.8 Å². The SMILES string of the molecule is CCCCCCCc1cc(C)c(C(=O)N[C@@H](CCN)C(=O)N(C)[C@@H]2C(=O)N[C@@H](C)C(=O)N[C@H](C(=O)NCC#N)Cc3ccc(OCCN)c(c3)-c3cc2ccc3OCCN)c(Cl)c1. The molecule has 4 rings (SSSR count). The lowest BCUT2D eigenvalue weighted by Gasteiger charge is -2.32. The first-order valence-electron chi connectivity index (χ1n) is 21.5. The second kappa shape index (κ2) is 24.8. The van der Waals surface area contributed by atoms with Crippen LogP contribution in [-0.4, -0.2) is 99.0 Å². The minimum Gasteiger partial charge on any atom is -0.492 e. The Balaban J connectivity index is 1.80. The van der Waals surface area contributed by atoms with Gasteiger partial charge in [-0.25, -0.2) is 0 Å². The first kappa shape index (κ1) is 49.9. The summed E-state index contributed by atoms with van der Waals surface area (Å²) < 4.78 is 12.2. The monoisotopic (exact) mass is 887 g/mol. The van der Waals surface area contributed by atoms with Crippen molar-refractivity contribution >= 4 is 41.1 Å². The fourth-order valence-electron chi connectivity index (χ4n) is 7.54. The van der Waals surface area contributed by atoms with Gasteiger partial charge in [-0.2, -0.15) is 5.26 Å². The number of ether oxygens (including phenoxy) is 2. The van der Waals surface area contributed by atoms with Crippen molar-refractivity contribution in [3.05, 3.63) is 81.4 Å². The second-order valence-corrected chi connectivity index (χ2v) is 16.0. The van der Waals surface area contributed by atoms with E-state index in [2.05, 4.69) is 28.2 Å². The van der Waals surface area contributed by atoms with Crippen molar-refractivity contribution in [2.45, 2.75) is 96.3 Å². The Kier molecular flexibility index (Phi) is 19.6. The number of nitrogens with zero attached hydrogens (tertiary/aromatic N) is 2. The van der Waals surface area contributed by atoms with Gasteiger partial charge in [0.1, 0.15) is 55.4 Å². The van der Waals surface area contributed by atoms with E-state index >= 15 is 0 Å². The molecule has 0 spiro atoms. The molecule has 0 aliphatic carbocycles. The number of nitrogens with two attached hydrogens (primary N) is 3. The van der Waals surface area contributed by atoms with Crippen molar-refractivity contribution in [2.24, 2.45) is 17.2 Å². The lowest BCUT2D eigenvalue weighted by molar-refractivity contribution is -0.141. The van der Waals surface area contributed by atoms with E-state index in [1.165, 1.54) is 25.3 Å². The first-order chi connectivity index (χ1) is 30.3. The molecule has 17 heteroatoms. The van der Waals surface area contributed by atoms with E-state index in [1.54, 1.807) is 49.4 Å². The number of aryl methyl sites for hydroxylation is 2. The summed E-state index contributed by atoms with van der Waals surface area (Å²) in [6.45, 7) is 5.83. The van der Waals surface area contributed by atoms with Gasteiger partial charge in [0, 0.05) is 37.7 Å². The summed E-state index contributed by atoms with van der Waals surface area (Å²) >= 11 is 6.73. The number of hydrogen-bond donors (Lipinski definition) is 7. The molecule has 16 nitrogen and oxygen atoms in total. The van der Waals surface area contributed by atoms with Crippen LogP contribution >= 0.6 is 11.6 Å². The smallest absolute Gasteiger partial charge is 0.253 e. The molecule has 4 bridgehead atoms. The van der Waals surface area contributed by atoms with Gasteiger partial charge in [0.2, 0.25) is 23.6 Å². The van der Waals surface area contributed by atoms with Crippen LogP contribution in [0.5, 0.6) is 11.5 Å². The molecule has 0 saturated carbocycles. The zero-order chi connectivity index (χ0) is 46.1. The number of fused-ring (bicyclic) bond motifs is 5. The third-order valence-electron chi connectivity index (χ3n) is 10.8. The van der Waals surface area contributed by atoms with Crippen LogP contribution in [0.25, 0.3) is 11.1 Å². The van der Waals surface area contributed by atoms with Crippen LogP contribution in [0.2, 0.25) is 5.02 Å². The number of carbonyl (C=O) groups is 5. The van der Waals surface area contributed by atoms with Gasteiger partial charge in [0.15, 0.2) is 0 Å². The maximum atomic E-state index is 14.6. The summed E-state index contributed by atoms with van der Waals surface area (Å²) in [5.41, 5.74) is 21.5. The maximum Gasteiger partial charge on any atom is 0.253 e. The molecule has 4 atom stereocenters. The van der Waals surface area contributed by atoms with Crippen molar-refractivity contribution in [3.63, 3.8) is 0 Å². The largest absolute Gasteiger partial charge is 0.492 e. The highest BCUT2D eigenvalue weighted by molar-refractivity contribution is 6.34. The summed E-state index contributed by atoms with van der Waals surface area (Å²) in [6, 6.07) is 10.9. The second-order valence-electron chi connectivity index (χ2n) is 15.6. The number of amides is 5. The third kappa shape index (κ3) is 13.6. The molecule has 0 fully saturated rings. The van der Waals surface area contributed by atoms with Gasteiger partial charge < -0.3 is 52.8 Å². The van der Waals surface area contributed by atoms with Crippen molar-refractivity contribution in [1.82, 2.24) is 26.2 Å². The average molecular weight is 889 g/mol. The Labute approximate surface area is 374 Å². The van der Waals surface area contributed by atoms with Crippen molar-refractivity contribution in [1.29, 1.82) is 5.26 Å². The number of likely N-dealkylation sites (N-methyl/N-ethyl adjacent to an activating group) is 1. The van der Waals surface area contributed by atoms with Crippen molar-refractivity contribution in [2.75, 3.05) is 46.4 Å². The molecule has 0 radical (unpaired) electrons. The first-order valence-corrected chi connectivity index (χ1v) is 21.9. The fraction of sp³-hybridized carbons (Fsp3) is 0.478. The van der Waals surface area contributed by atoms with Gasteiger partial charge in [-0.1, -0.05) is 62.4 Å². The molecule has 0 aromatic heterocycles. The summed E-state index contributed by atoms with van der Waals surface area (Å²) in [5, 5.41) is 20.2. The minimum atomic E-state index is -1.39. The Bertz CT molecular complexity index is 2100. The molecule has 340 valence electrons. The Morgan fingerprint density at radius 2 is 1.59 bits per heavy atom. The van der Waals surface area contributed by atoms with Gasteiger partial charge in [0.25, 0.3) is 5.91 Å². The number of nitriles is 1. The average Bonchev–Trinajstić information content (AvgIpc) is 3.25. The maximum absolute atomic E-state index is 14.6. The highest BCUT2D eigenvalue weighted by Crippen LogP contribution is 2.40. The Morgan fingerprint density at radius 1 is 0.921 bits per heavy atom. The standard InChI is InChI=1S/C46H62ClN9O7/c1-5-6-7-8-9-10-30-23-28(2)40(35(47)25-30)44(59)54-36(15-16-48)46(61)56(4)41-32-12-14-39(63-22-19-51)34(27-32)33-24-31(11-13-38(33)62-21-18-50)26-37(43(58)52-20-17-49)55-42(57)29(3)53-45(41)60/h11-14,23-25,27,29,36-37,41H,5-10,15-16,18-22,26,48,50-51H2,1-4H3,(H,52,58)(H,53,60)(H,54,59)(H,55,57)/t29-,36-,37-,41-/m0/s1. The molecule has 63 heavy (non-hydrogen) atoms. The number of halogens is 1. The molecule has 1 aliphatic rings. The number of benzene rings is 3. The zero-order valence-electron chi connectivity index (χ0n) is 36.7. The normalized spacial score (nSPS) is 16.7. The van der Waals surface area contributed by atoms with E-state index in [1.807, 2.05) is 12.1 Å². The fourth-order valence-corrected chi connectivity index (χ4v) is 7.91. The molecule has 3 aromatic carbocycles. The number of unbranched alkanes of at least 4 members (excludes halogenated alkanes) is 4. The predicted molar refractivity (Wildman–Crippen MR) is 242 cm³/mol. The molecule has 0 unspecified atom stereocenters. The number of carbonyl (C=O) groups excluding carboxylic acids is 5. The summed E-state index contributed by atoms with van der Waals surface area (Å²) in [6.07, 6.45) is 6.45. The number of hydrogen-bond acceptors (Lipinski definition) is 11. The molecule has 1 heterocycles. The molecule has 10 N–H and O–H groups in total. The van der Waals surface area contributed by atoms with Crippen LogP contribution in [0.15, 0.2) is 48.5 Å². The quantitative estimate of drug-likeness (QED) is 0.0640. The minimum absolute atomic E-state index is 0.00857. The predicted octanol–water partition coefficient (Wildman–Crippen LogP) is 3.34. The molecule has 5 amide bonds. The van der Waals surface area contributed by atoms with Gasteiger partial charge in [-0.15, -0.1) is 0 Å². The van der Waals surface area contributed by atoms with Crippen LogP contribution in [0.3, 0.4) is 0 Å². The topological polar surface area (TPSA) is 257 Å². The van der Waals surface area contributed by atoms with Crippen molar-refractivity contribution in [3.8, 4) is 28.7 Å². The van der Waals surface area contributed by atoms with Gasteiger partial charge >= 0.3 is 0 Å². The lowest BCUT2D eigenvalue weighted by Crippen LogP contribution is -2.56. The summed E-state index contributed by atoms with van der Waals surface area (Å²) in [4.78, 5) is 71.3. The molecule has 0 saturated heterocycles. The highest BCUT2D eigenvalue weighted by atomic mass is 35.5. The Hall–Kier alpha value is -5.73. The van der Waals surface area contributed by atoms with E-state index in [0.29, 0.717) is 39.3 Å². The van der Waals surface area contributed by atoms with Crippen LogP contribution < -0.4 is 47.9 Å². The van der Waals surface area contributed by atoms with E-state index in [9.17, 15) is 24.0 Å². The van der Waals surface area contributed by atoms with Crippen LogP contribution in [0.1, 0.15) is 91.0 Å². The highest BCUT2D eigenvalue weighted by Gasteiger charge is 2.36. The zero-order valence-corrected chi connectivity index (χ0v) is 37.4. The van der Waals surface area contributed by atoms with Gasteiger partial charge in [-0.3, -0.25) is 24.0 Å². The van der Waals surface area contributed by atoms with E-state index in [0.717, 1.165) is 37.7 Å². The Morgan fingerprint density at radius 3 is 2.22 bits per heavy atom. The summed E-state index contributed by atoms with van der Waals surface area (Å²) in [7, 11) is 1.42. The molecular formula is C46H62ClN9O7. The number of rotatable bonds is 20. The van der Waals surface area contributed by atoms with Crippen LogP contribution in [0, 0.1) is 18.3 Å². The number of nitrogens with one attached hydrogen (secondary N) is 4. The third-order valence-corrected chi connectivity index (χ3v) is 11.1. The summed E-state index contributed by atoms with van der Waals surface area (Å²) in [5.74, 6) is -2.48. The van der Waals surface area contributed by atoms with Gasteiger partial charge in [-0.05, 0) is 92.2 Å². The van der Waals surface area contributed by atoms with E-state index in [4.69, 9.17) is 43.5 Å². The molecule has 3 aromatic rings.